The van der Waals surface area contributed by atoms with Crippen molar-refractivity contribution in [1.82, 2.24) is 0 Å². The predicted molar refractivity (Wildman–Crippen MR) is 93.4 cm³/mol. The van der Waals surface area contributed by atoms with Gasteiger partial charge in [0.15, 0.2) is 6.29 Å². The van der Waals surface area contributed by atoms with Crippen LogP contribution >= 0.6 is 0 Å². The van der Waals surface area contributed by atoms with Crippen LogP contribution in [0, 0.1) is 0 Å². The highest BCUT2D eigenvalue weighted by Crippen LogP contribution is 2.23. The molecule has 0 radical (unpaired) electrons. The van der Waals surface area contributed by atoms with Gasteiger partial charge in [-0.3, -0.25) is 0 Å². The average molecular weight is 331 g/mol. The SMILES string of the molecule is CCCCCCCCCCCC(C)OC1O[C@@H](C)C(O)C[C@H]1O. The van der Waals surface area contributed by atoms with E-state index in [2.05, 4.69) is 6.92 Å². The summed E-state index contributed by atoms with van der Waals surface area (Å²) in [6.45, 7) is 6.11. The number of ether oxygens (including phenoxy) is 2. The van der Waals surface area contributed by atoms with Crippen LogP contribution in [0.5, 0.6) is 0 Å². The van der Waals surface area contributed by atoms with Crippen molar-refractivity contribution in [3.63, 3.8) is 0 Å². The van der Waals surface area contributed by atoms with Gasteiger partial charge < -0.3 is 19.7 Å². The van der Waals surface area contributed by atoms with Gasteiger partial charge in [0.1, 0.15) is 6.10 Å². The average Bonchev–Trinajstić information content (AvgIpc) is 2.51. The summed E-state index contributed by atoms with van der Waals surface area (Å²) in [7, 11) is 0. The first-order chi connectivity index (χ1) is 11.0. The minimum absolute atomic E-state index is 0.0849. The Morgan fingerprint density at radius 2 is 1.52 bits per heavy atom. The molecule has 4 heteroatoms. The van der Waals surface area contributed by atoms with E-state index in [-0.39, 0.29) is 12.2 Å². The molecule has 5 atom stereocenters. The lowest BCUT2D eigenvalue weighted by atomic mass is 10.0. The summed E-state index contributed by atoms with van der Waals surface area (Å²) in [6, 6.07) is 0. The second kappa shape index (κ2) is 12.2. The Kier molecular flexibility index (Phi) is 11.1. The van der Waals surface area contributed by atoms with Crippen molar-refractivity contribution in [2.45, 2.75) is 122 Å². The van der Waals surface area contributed by atoms with Crippen molar-refractivity contribution in [1.29, 1.82) is 0 Å². The smallest absolute Gasteiger partial charge is 0.184 e. The summed E-state index contributed by atoms with van der Waals surface area (Å²) in [5, 5.41) is 19.6. The Balaban J connectivity index is 2.01. The second-order valence-electron chi connectivity index (χ2n) is 7.14. The molecule has 1 fully saturated rings. The van der Waals surface area contributed by atoms with Crippen LogP contribution < -0.4 is 0 Å². The van der Waals surface area contributed by atoms with E-state index in [0.29, 0.717) is 6.42 Å². The van der Waals surface area contributed by atoms with Gasteiger partial charge in [-0.15, -0.1) is 0 Å². The number of hydrogen-bond donors (Lipinski definition) is 2. The molecule has 1 rings (SSSR count). The Morgan fingerprint density at radius 3 is 2.13 bits per heavy atom. The largest absolute Gasteiger partial charge is 0.390 e. The molecule has 0 aromatic heterocycles. The molecule has 3 unspecified atom stereocenters. The van der Waals surface area contributed by atoms with Gasteiger partial charge in [-0.2, -0.15) is 0 Å². The molecular formula is C19H38O4. The van der Waals surface area contributed by atoms with Crippen molar-refractivity contribution in [2.24, 2.45) is 0 Å². The first kappa shape index (κ1) is 20.9. The highest BCUT2D eigenvalue weighted by atomic mass is 16.7. The van der Waals surface area contributed by atoms with Gasteiger partial charge in [-0.1, -0.05) is 64.7 Å². The lowest BCUT2D eigenvalue weighted by Gasteiger charge is -2.36. The van der Waals surface area contributed by atoms with Crippen LogP contribution in [0.1, 0.15) is 91.4 Å². The van der Waals surface area contributed by atoms with Crippen molar-refractivity contribution in [2.75, 3.05) is 0 Å². The quantitative estimate of drug-likeness (QED) is 0.527. The molecule has 0 aliphatic carbocycles. The zero-order valence-corrected chi connectivity index (χ0v) is 15.4. The van der Waals surface area contributed by atoms with Gasteiger partial charge in [0.25, 0.3) is 0 Å². The Labute approximate surface area is 142 Å². The zero-order valence-electron chi connectivity index (χ0n) is 15.4. The first-order valence-corrected chi connectivity index (χ1v) is 9.71. The third-order valence-corrected chi connectivity index (χ3v) is 4.77. The lowest BCUT2D eigenvalue weighted by molar-refractivity contribution is -0.273. The van der Waals surface area contributed by atoms with Crippen molar-refractivity contribution >= 4 is 0 Å². The maximum atomic E-state index is 9.93. The highest BCUT2D eigenvalue weighted by molar-refractivity contribution is 4.78. The molecule has 1 saturated heterocycles. The normalized spacial score (nSPS) is 29.6. The van der Waals surface area contributed by atoms with Gasteiger partial charge in [0.05, 0.1) is 18.3 Å². The summed E-state index contributed by atoms with van der Waals surface area (Å²) < 4.78 is 11.4. The van der Waals surface area contributed by atoms with E-state index >= 15 is 0 Å². The maximum absolute atomic E-state index is 9.93. The van der Waals surface area contributed by atoms with Gasteiger partial charge in [0.2, 0.25) is 0 Å². The molecule has 1 aliphatic heterocycles. The second-order valence-corrected chi connectivity index (χ2v) is 7.14. The van der Waals surface area contributed by atoms with Crippen LogP contribution in [0.25, 0.3) is 0 Å². The van der Waals surface area contributed by atoms with Crippen molar-refractivity contribution in [3.05, 3.63) is 0 Å². The molecule has 0 aromatic carbocycles. The Hall–Kier alpha value is -0.160. The summed E-state index contributed by atoms with van der Waals surface area (Å²) in [6.07, 6.45) is 11.1. The molecule has 0 saturated carbocycles. The molecule has 1 heterocycles. The molecule has 0 bridgehead atoms. The zero-order chi connectivity index (χ0) is 17.1. The van der Waals surface area contributed by atoms with Gasteiger partial charge >= 0.3 is 0 Å². The van der Waals surface area contributed by atoms with E-state index in [1.165, 1.54) is 51.4 Å². The number of unbranched alkanes of at least 4 members (excludes halogenated alkanes) is 8. The summed E-state index contributed by atoms with van der Waals surface area (Å²) >= 11 is 0. The van der Waals surface area contributed by atoms with Crippen molar-refractivity contribution < 1.29 is 19.7 Å². The molecule has 0 aromatic rings. The number of aliphatic hydroxyl groups is 2. The fourth-order valence-corrected chi connectivity index (χ4v) is 3.11. The monoisotopic (exact) mass is 330 g/mol. The number of aliphatic hydroxyl groups excluding tert-OH is 2. The third kappa shape index (κ3) is 9.04. The number of hydrogen-bond acceptors (Lipinski definition) is 4. The van der Waals surface area contributed by atoms with Gasteiger partial charge in [0, 0.05) is 6.42 Å². The standard InChI is InChI=1S/C19H38O4/c1-4-5-6-7-8-9-10-11-12-13-15(2)22-19-18(21)14-17(20)16(3)23-19/h15-21H,4-14H2,1-3H3/t15?,16-,17?,18+,19?/m0/s1. The minimum Gasteiger partial charge on any atom is -0.390 e. The predicted octanol–water partition coefficient (Wildman–Crippen LogP) is 4.17. The van der Waals surface area contributed by atoms with E-state index in [1.54, 1.807) is 0 Å². The Morgan fingerprint density at radius 1 is 0.957 bits per heavy atom. The van der Waals surface area contributed by atoms with Crippen LogP contribution in [-0.2, 0) is 9.47 Å². The highest BCUT2D eigenvalue weighted by Gasteiger charge is 2.35. The molecule has 2 N–H and O–H groups in total. The summed E-state index contributed by atoms with van der Waals surface area (Å²) in [5.74, 6) is 0. The van der Waals surface area contributed by atoms with E-state index in [0.717, 1.165) is 12.8 Å². The van der Waals surface area contributed by atoms with Crippen LogP contribution in [-0.4, -0.2) is 40.9 Å². The minimum atomic E-state index is -0.730. The van der Waals surface area contributed by atoms with Crippen LogP contribution in [0.15, 0.2) is 0 Å². The fraction of sp³-hybridized carbons (Fsp3) is 1.00. The molecule has 23 heavy (non-hydrogen) atoms. The summed E-state index contributed by atoms with van der Waals surface area (Å²) in [5.41, 5.74) is 0. The summed E-state index contributed by atoms with van der Waals surface area (Å²) in [4.78, 5) is 0. The fourth-order valence-electron chi connectivity index (χ4n) is 3.11. The Bertz CT molecular complexity index is 285. The van der Waals surface area contributed by atoms with Gasteiger partial charge in [-0.25, -0.2) is 0 Å². The van der Waals surface area contributed by atoms with Crippen LogP contribution in [0.2, 0.25) is 0 Å². The van der Waals surface area contributed by atoms with E-state index in [1.807, 2.05) is 13.8 Å². The topological polar surface area (TPSA) is 58.9 Å². The van der Waals surface area contributed by atoms with Crippen LogP contribution in [0.3, 0.4) is 0 Å². The maximum Gasteiger partial charge on any atom is 0.184 e. The molecule has 0 spiro atoms. The molecule has 1 aliphatic rings. The van der Waals surface area contributed by atoms with Gasteiger partial charge in [-0.05, 0) is 20.3 Å². The van der Waals surface area contributed by atoms with E-state index in [4.69, 9.17) is 9.47 Å². The molecule has 138 valence electrons. The molecule has 4 nitrogen and oxygen atoms in total. The van der Waals surface area contributed by atoms with Crippen LogP contribution in [0.4, 0.5) is 0 Å². The first-order valence-electron chi connectivity index (χ1n) is 9.71. The lowest BCUT2D eigenvalue weighted by Crippen LogP contribution is -2.48. The van der Waals surface area contributed by atoms with Crippen molar-refractivity contribution in [3.8, 4) is 0 Å². The third-order valence-electron chi connectivity index (χ3n) is 4.77. The number of rotatable bonds is 12. The van der Waals surface area contributed by atoms with E-state index in [9.17, 15) is 10.2 Å². The molecular weight excluding hydrogens is 292 g/mol. The van der Waals surface area contributed by atoms with E-state index < -0.39 is 18.5 Å². The molecule has 0 amide bonds.